The molecule has 1 N–H and O–H groups in total. The zero-order valence-corrected chi connectivity index (χ0v) is 8.97. The predicted molar refractivity (Wildman–Crippen MR) is 58.8 cm³/mol. The number of allylic oxidation sites excluding steroid dienone is 1. The van der Waals surface area contributed by atoms with E-state index in [0.29, 0.717) is 5.56 Å². The molecule has 1 aliphatic carbocycles. The topological polar surface area (TPSA) is 20.2 Å². The molecule has 1 aliphatic rings. The third-order valence-corrected chi connectivity index (χ3v) is 3.05. The van der Waals surface area contributed by atoms with Gasteiger partial charge in [0.25, 0.3) is 0 Å². The fourth-order valence-electron chi connectivity index (χ4n) is 2.20. The van der Waals surface area contributed by atoms with E-state index in [2.05, 4.69) is 0 Å². The molecule has 0 spiro atoms. The lowest BCUT2D eigenvalue weighted by molar-refractivity contribution is 0.324. The second kappa shape index (κ2) is 4.74. The standard InChI is InChI=1S/C13H14F2O/c14-12-7-3-6-11(13(12)15)10-5-2-1-4-9(10)8-16/h3,6-7,16H,1-2,4-5,8H2. The van der Waals surface area contributed by atoms with Crippen molar-refractivity contribution in [1.29, 1.82) is 0 Å². The normalized spacial score (nSPS) is 16.7. The molecule has 1 nitrogen and oxygen atoms in total. The molecule has 0 amide bonds. The Hall–Kier alpha value is -1.22. The molecule has 2 rings (SSSR count). The van der Waals surface area contributed by atoms with Crippen LogP contribution in [0.1, 0.15) is 31.2 Å². The number of hydrogen-bond acceptors (Lipinski definition) is 1. The monoisotopic (exact) mass is 224 g/mol. The highest BCUT2D eigenvalue weighted by Crippen LogP contribution is 2.33. The van der Waals surface area contributed by atoms with Crippen LogP contribution in [0.25, 0.3) is 5.57 Å². The van der Waals surface area contributed by atoms with Gasteiger partial charge < -0.3 is 5.11 Å². The SMILES string of the molecule is OCC1=C(c2cccc(F)c2F)CCCC1. The molecule has 0 radical (unpaired) electrons. The van der Waals surface area contributed by atoms with Crippen molar-refractivity contribution >= 4 is 5.57 Å². The Balaban J connectivity index is 2.49. The number of halogens is 2. The first kappa shape index (κ1) is 11.3. The summed E-state index contributed by atoms with van der Waals surface area (Å²) < 4.78 is 26.7. The van der Waals surface area contributed by atoms with Gasteiger partial charge in [0, 0.05) is 5.56 Å². The van der Waals surface area contributed by atoms with Gasteiger partial charge in [0.2, 0.25) is 0 Å². The van der Waals surface area contributed by atoms with E-state index in [1.54, 1.807) is 6.07 Å². The Kier molecular flexibility index (Phi) is 3.34. The van der Waals surface area contributed by atoms with Gasteiger partial charge in [-0.3, -0.25) is 0 Å². The average Bonchev–Trinajstić information content (AvgIpc) is 2.33. The van der Waals surface area contributed by atoms with Crippen LogP contribution < -0.4 is 0 Å². The molecule has 0 saturated carbocycles. The minimum atomic E-state index is -0.826. The summed E-state index contributed by atoms with van der Waals surface area (Å²) in [5.74, 6) is -1.63. The molecule has 0 fully saturated rings. The average molecular weight is 224 g/mol. The van der Waals surface area contributed by atoms with Crippen molar-refractivity contribution in [2.75, 3.05) is 6.61 Å². The Morgan fingerprint density at radius 3 is 2.62 bits per heavy atom. The Morgan fingerprint density at radius 1 is 1.12 bits per heavy atom. The second-order valence-corrected chi connectivity index (χ2v) is 4.05. The molecule has 0 aliphatic heterocycles. The van der Waals surface area contributed by atoms with Gasteiger partial charge in [-0.1, -0.05) is 12.1 Å². The van der Waals surface area contributed by atoms with E-state index in [9.17, 15) is 13.9 Å². The number of rotatable bonds is 2. The minimum Gasteiger partial charge on any atom is -0.392 e. The molecule has 0 unspecified atom stereocenters. The fraction of sp³-hybridized carbons (Fsp3) is 0.385. The van der Waals surface area contributed by atoms with Crippen LogP contribution in [-0.2, 0) is 0 Å². The lowest BCUT2D eigenvalue weighted by atomic mass is 9.87. The first-order valence-electron chi connectivity index (χ1n) is 5.50. The van der Waals surface area contributed by atoms with Crippen LogP contribution in [0.15, 0.2) is 23.8 Å². The predicted octanol–water partition coefficient (Wildman–Crippen LogP) is 3.28. The van der Waals surface area contributed by atoms with Crippen LogP contribution in [0.3, 0.4) is 0 Å². The first-order chi connectivity index (χ1) is 7.74. The van der Waals surface area contributed by atoms with E-state index >= 15 is 0 Å². The molecule has 0 atom stereocenters. The zero-order valence-electron chi connectivity index (χ0n) is 8.97. The highest BCUT2D eigenvalue weighted by Gasteiger charge is 2.18. The van der Waals surface area contributed by atoms with Crippen LogP contribution in [0.5, 0.6) is 0 Å². The maximum Gasteiger partial charge on any atom is 0.166 e. The van der Waals surface area contributed by atoms with Crippen LogP contribution in [0.2, 0.25) is 0 Å². The molecular weight excluding hydrogens is 210 g/mol. The number of hydrogen-bond donors (Lipinski definition) is 1. The molecule has 0 aromatic heterocycles. The van der Waals surface area contributed by atoms with Gasteiger partial charge in [-0.25, -0.2) is 8.78 Å². The van der Waals surface area contributed by atoms with Crippen LogP contribution in [0.4, 0.5) is 8.78 Å². The van der Waals surface area contributed by atoms with Gasteiger partial charge in [0.15, 0.2) is 11.6 Å². The summed E-state index contributed by atoms with van der Waals surface area (Å²) in [5.41, 5.74) is 1.94. The first-order valence-corrected chi connectivity index (χ1v) is 5.50. The van der Waals surface area contributed by atoms with Gasteiger partial charge in [-0.05, 0) is 42.9 Å². The van der Waals surface area contributed by atoms with Crippen molar-refractivity contribution in [3.63, 3.8) is 0 Å². The largest absolute Gasteiger partial charge is 0.392 e. The summed E-state index contributed by atoms with van der Waals surface area (Å²) in [7, 11) is 0. The molecule has 86 valence electrons. The van der Waals surface area contributed by atoms with E-state index in [-0.39, 0.29) is 6.61 Å². The van der Waals surface area contributed by atoms with E-state index in [0.717, 1.165) is 42.9 Å². The van der Waals surface area contributed by atoms with E-state index < -0.39 is 11.6 Å². The maximum atomic E-state index is 13.6. The van der Waals surface area contributed by atoms with Crippen LogP contribution >= 0.6 is 0 Å². The molecule has 1 aromatic rings. The van der Waals surface area contributed by atoms with E-state index in [4.69, 9.17) is 0 Å². The fourth-order valence-corrected chi connectivity index (χ4v) is 2.20. The number of aliphatic hydroxyl groups is 1. The van der Waals surface area contributed by atoms with Crippen LogP contribution in [0, 0.1) is 11.6 Å². The third-order valence-electron chi connectivity index (χ3n) is 3.05. The van der Waals surface area contributed by atoms with Crippen molar-refractivity contribution in [2.24, 2.45) is 0 Å². The minimum absolute atomic E-state index is 0.0642. The lowest BCUT2D eigenvalue weighted by Crippen LogP contribution is -2.05. The van der Waals surface area contributed by atoms with Gasteiger partial charge in [-0.15, -0.1) is 0 Å². The molecular formula is C13H14F2O. The Bertz CT molecular complexity index is 424. The van der Waals surface area contributed by atoms with Crippen LogP contribution in [-0.4, -0.2) is 11.7 Å². The summed E-state index contributed by atoms with van der Waals surface area (Å²) in [4.78, 5) is 0. The Labute approximate surface area is 93.4 Å². The molecule has 0 bridgehead atoms. The summed E-state index contributed by atoms with van der Waals surface area (Å²) >= 11 is 0. The molecule has 16 heavy (non-hydrogen) atoms. The van der Waals surface area contributed by atoms with E-state index in [1.807, 2.05) is 0 Å². The van der Waals surface area contributed by atoms with Gasteiger partial charge in [0.1, 0.15) is 0 Å². The van der Waals surface area contributed by atoms with Crippen molar-refractivity contribution < 1.29 is 13.9 Å². The van der Waals surface area contributed by atoms with E-state index in [1.165, 1.54) is 6.07 Å². The lowest BCUT2D eigenvalue weighted by Gasteiger charge is -2.19. The van der Waals surface area contributed by atoms with Gasteiger partial charge in [-0.2, -0.15) is 0 Å². The third kappa shape index (κ3) is 2.00. The van der Waals surface area contributed by atoms with Crippen molar-refractivity contribution in [3.8, 4) is 0 Å². The maximum absolute atomic E-state index is 13.6. The van der Waals surface area contributed by atoms with Gasteiger partial charge in [0.05, 0.1) is 6.61 Å². The summed E-state index contributed by atoms with van der Waals surface area (Å²) in [6.07, 6.45) is 3.48. The molecule has 3 heteroatoms. The smallest absolute Gasteiger partial charge is 0.166 e. The summed E-state index contributed by atoms with van der Waals surface area (Å²) in [5, 5.41) is 9.21. The highest BCUT2D eigenvalue weighted by atomic mass is 19.2. The second-order valence-electron chi connectivity index (χ2n) is 4.05. The summed E-state index contributed by atoms with van der Waals surface area (Å²) in [6, 6.07) is 4.19. The molecule has 1 aromatic carbocycles. The molecule has 0 saturated heterocycles. The number of aliphatic hydroxyl groups excluding tert-OH is 1. The zero-order chi connectivity index (χ0) is 11.5. The molecule has 0 heterocycles. The quantitative estimate of drug-likeness (QED) is 0.817. The van der Waals surface area contributed by atoms with Crippen molar-refractivity contribution in [1.82, 2.24) is 0 Å². The summed E-state index contributed by atoms with van der Waals surface area (Å²) in [6.45, 7) is -0.0642. The highest BCUT2D eigenvalue weighted by molar-refractivity contribution is 5.70. The van der Waals surface area contributed by atoms with Gasteiger partial charge >= 0.3 is 0 Å². The number of benzene rings is 1. The van der Waals surface area contributed by atoms with Crippen molar-refractivity contribution in [3.05, 3.63) is 41.0 Å². The Morgan fingerprint density at radius 2 is 1.88 bits per heavy atom. The van der Waals surface area contributed by atoms with Crippen molar-refractivity contribution in [2.45, 2.75) is 25.7 Å².